The number of hydrogen-bond donors (Lipinski definition) is 1. The summed E-state index contributed by atoms with van der Waals surface area (Å²) in [5, 5.41) is 0. The van der Waals surface area contributed by atoms with Crippen molar-refractivity contribution in [3.63, 3.8) is 0 Å². The molecule has 0 amide bonds. The maximum Gasteiger partial charge on any atom is -0.00717 e. The second-order valence-corrected chi connectivity index (χ2v) is 14.0. The fourth-order valence-electron chi connectivity index (χ4n) is 13.2. The third kappa shape index (κ3) is 1.95. The summed E-state index contributed by atoms with van der Waals surface area (Å²) in [6.07, 6.45) is 7.48. The summed E-state index contributed by atoms with van der Waals surface area (Å²) in [5.74, 6) is 13.8. The Morgan fingerprint density at radius 3 is 2.33 bits per heavy atom. The van der Waals surface area contributed by atoms with Gasteiger partial charge in [0.1, 0.15) is 0 Å². The lowest BCUT2D eigenvalue weighted by Crippen LogP contribution is -2.72. The van der Waals surface area contributed by atoms with Gasteiger partial charge in [0.25, 0.3) is 0 Å². The van der Waals surface area contributed by atoms with Crippen molar-refractivity contribution < 1.29 is 0 Å². The molecule has 0 aromatic rings. The maximum atomic E-state index is 6.48. The lowest BCUT2D eigenvalue weighted by atomic mass is 9.28. The van der Waals surface area contributed by atoms with E-state index in [9.17, 15) is 0 Å². The molecule has 1 heteroatoms. The molecular formula is C29H49N. The van der Waals surface area contributed by atoms with Crippen LogP contribution in [0, 0.1) is 93.7 Å². The fourth-order valence-corrected chi connectivity index (χ4v) is 13.2. The number of nitrogens with two attached hydrogens (primary N) is 1. The molecule has 6 rings (SSSR count). The van der Waals surface area contributed by atoms with Crippen LogP contribution < -0.4 is 5.73 Å². The lowest BCUT2D eigenvalue weighted by molar-refractivity contribution is -0.290. The van der Waals surface area contributed by atoms with Crippen LogP contribution in [-0.4, -0.2) is 6.54 Å². The van der Waals surface area contributed by atoms with Gasteiger partial charge in [-0.25, -0.2) is 0 Å². The van der Waals surface area contributed by atoms with E-state index in [1.54, 1.807) is 19.3 Å². The summed E-state index contributed by atoms with van der Waals surface area (Å²) >= 11 is 0. The standard InChI is InChI=1S/C29H49N/c1-8-20-16(5)21-12-18-11-19-13-22-27(25-15(4)17(6)28(22,25)7)29(19,9-10-30)26(18)24(21)23(20)14(2)3/h14-27H,8-13,30H2,1-7H3/t15?,16?,17-,18+,19-,20-,21+,22+,23?,24?,25-,26?,27?,28+,29?/m1/s1. The van der Waals surface area contributed by atoms with E-state index in [0.717, 1.165) is 89.4 Å². The first-order chi connectivity index (χ1) is 14.2. The molecule has 0 aromatic heterocycles. The first-order valence-corrected chi connectivity index (χ1v) is 13.9. The smallest absolute Gasteiger partial charge is 0.00717 e. The van der Waals surface area contributed by atoms with Gasteiger partial charge in [0, 0.05) is 0 Å². The second kappa shape index (κ2) is 6.30. The third-order valence-corrected chi connectivity index (χ3v) is 13.9. The molecule has 170 valence electrons. The highest BCUT2D eigenvalue weighted by Crippen LogP contribution is 2.87. The van der Waals surface area contributed by atoms with Crippen LogP contribution in [0.25, 0.3) is 0 Å². The van der Waals surface area contributed by atoms with Crippen molar-refractivity contribution in [3.05, 3.63) is 0 Å². The molecule has 6 saturated carbocycles. The summed E-state index contributed by atoms with van der Waals surface area (Å²) in [4.78, 5) is 0. The number of rotatable bonds is 4. The topological polar surface area (TPSA) is 26.0 Å². The highest BCUT2D eigenvalue weighted by atomic mass is 14.9. The minimum atomic E-state index is 0.623. The van der Waals surface area contributed by atoms with E-state index in [-0.39, 0.29) is 0 Å². The molecule has 0 aromatic carbocycles. The summed E-state index contributed by atoms with van der Waals surface area (Å²) in [6.45, 7) is 19.1. The van der Waals surface area contributed by atoms with Crippen molar-refractivity contribution in [1.29, 1.82) is 0 Å². The molecule has 30 heavy (non-hydrogen) atoms. The zero-order chi connectivity index (χ0) is 21.3. The van der Waals surface area contributed by atoms with Crippen LogP contribution >= 0.6 is 0 Å². The molecule has 0 spiro atoms. The SMILES string of the molecule is CC[C@H]1C(C(C)C)C2C3[C@H](C[C@H]2C1C)C[C@@H]1C[C@H]2C([C@H]4C(C)[C@@H](C)[C@]42C)C31CCN. The van der Waals surface area contributed by atoms with Gasteiger partial charge >= 0.3 is 0 Å². The first kappa shape index (κ1) is 20.6. The predicted octanol–water partition coefficient (Wildman–Crippen LogP) is 6.72. The van der Waals surface area contributed by atoms with E-state index >= 15 is 0 Å². The van der Waals surface area contributed by atoms with Gasteiger partial charge in [-0.1, -0.05) is 54.9 Å². The second-order valence-electron chi connectivity index (χ2n) is 14.0. The Balaban J connectivity index is 1.43. The van der Waals surface area contributed by atoms with Crippen molar-refractivity contribution in [1.82, 2.24) is 0 Å². The quantitative estimate of drug-likeness (QED) is 0.546. The van der Waals surface area contributed by atoms with Crippen molar-refractivity contribution in [2.45, 2.75) is 80.6 Å². The average Bonchev–Trinajstić information content (AvgIpc) is 3.36. The van der Waals surface area contributed by atoms with Crippen molar-refractivity contribution in [2.75, 3.05) is 6.54 Å². The Morgan fingerprint density at radius 1 is 0.967 bits per heavy atom. The minimum Gasteiger partial charge on any atom is -0.330 e. The van der Waals surface area contributed by atoms with E-state index in [2.05, 4.69) is 48.5 Å². The summed E-state index contributed by atoms with van der Waals surface area (Å²) < 4.78 is 0. The molecule has 0 saturated heterocycles. The van der Waals surface area contributed by atoms with Crippen molar-refractivity contribution in [2.24, 2.45) is 99.4 Å². The molecule has 6 fully saturated rings. The van der Waals surface area contributed by atoms with Gasteiger partial charge in [-0.15, -0.1) is 0 Å². The molecule has 0 radical (unpaired) electrons. The molecule has 7 unspecified atom stereocenters. The summed E-state index contributed by atoms with van der Waals surface area (Å²) in [6, 6.07) is 0. The van der Waals surface area contributed by atoms with Crippen LogP contribution in [0.3, 0.4) is 0 Å². The van der Waals surface area contributed by atoms with Crippen LogP contribution in [0.15, 0.2) is 0 Å². The van der Waals surface area contributed by atoms with Crippen molar-refractivity contribution >= 4 is 0 Å². The molecule has 0 bridgehead atoms. The Kier molecular flexibility index (Phi) is 4.32. The number of hydrogen-bond acceptors (Lipinski definition) is 1. The molecule has 6 aliphatic rings. The van der Waals surface area contributed by atoms with E-state index < -0.39 is 0 Å². The molecule has 0 aliphatic heterocycles. The Labute approximate surface area is 186 Å². The summed E-state index contributed by atoms with van der Waals surface area (Å²) in [5.41, 5.74) is 7.78. The number of fused-ring (bicyclic) bond motifs is 10. The third-order valence-electron chi connectivity index (χ3n) is 13.9. The van der Waals surface area contributed by atoms with Crippen LogP contribution in [0.2, 0.25) is 0 Å². The van der Waals surface area contributed by atoms with E-state index in [1.807, 2.05) is 0 Å². The van der Waals surface area contributed by atoms with Gasteiger partial charge in [-0.2, -0.15) is 0 Å². The van der Waals surface area contributed by atoms with Crippen molar-refractivity contribution in [3.8, 4) is 0 Å². The van der Waals surface area contributed by atoms with Crippen LogP contribution in [0.1, 0.15) is 80.6 Å². The van der Waals surface area contributed by atoms with Gasteiger partial charge in [-0.3, -0.25) is 0 Å². The van der Waals surface area contributed by atoms with E-state index in [1.165, 1.54) is 12.8 Å². The highest BCUT2D eigenvalue weighted by Gasteiger charge is 2.82. The molecule has 15 atom stereocenters. The molecule has 1 nitrogen and oxygen atoms in total. The van der Waals surface area contributed by atoms with Gasteiger partial charge in [0.15, 0.2) is 0 Å². The van der Waals surface area contributed by atoms with Crippen LogP contribution in [0.4, 0.5) is 0 Å². The van der Waals surface area contributed by atoms with Gasteiger partial charge in [0.05, 0.1) is 0 Å². The normalized spacial score (nSPS) is 64.9. The molecule has 2 N–H and O–H groups in total. The fraction of sp³-hybridized carbons (Fsp3) is 1.00. The van der Waals surface area contributed by atoms with Gasteiger partial charge < -0.3 is 5.73 Å². The zero-order valence-corrected chi connectivity index (χ0v) is 20.9. The van der Waals surface area contributed by atoms with Gasteiger partial charge in [0.2, 0.25) is 0 Å². The largest absolute Gasteiger partial charge is 0.330 e. The van der Waals surface area contributed by atoms with E-state index in [4.69, 9.17) is 5.73 Å². The molecule has 0 heterocycles. The Hall–Kier alpha value is -0.0400. The molecule has 6 aliphatic carbocycles. The Bertz CT molecular complexity index is 705. The monoisotopic (exact) mass is 411 g/mol. The zero-order valence-electron chi connectivity index (χ0n) is 20.9. The van der Waals surface area contributed by atoms with Crippen LogP contribution in [0.5, 0.6) is 0 Å². The first-order valence-electron chi connectivity index (χ1n) is 13.9. The summed E-state index contributed by atoms with van der Waals surface area (Å²) in [7, 11) is 0. The molecular weight excluding hydrogens is 362 g/mol. The van der Waals surface area contributed by atoms with Crippen LogP contribution in [-0.2, 0) is 0 Å². The Morgan fingerprint density at radius 2 is 1.70 bits per heavy atom. The highest BCUT2D eigenvalue weighted by molar-refractivity contribution is 5.29. The average molecular weight is 412 g/mol. The van der Waals surface area contributed by atoms with Gasteiger partial charge in [-0.05, 0) is 126 Å². The predicted molar refractivity (Wildman–Crippen MR) is 126 cm³/mol. The van der Waals surface area contributed by atoms with E-state index in [0.29, 0.717) is 10.8 Å². The lowest BCUT2D eigenvalue weighted by Gasteiger charge is -2.76. The minimum absolute atomic E-state index is 0.623. The maximum absolute atomic E-state index is 6.48.